The Hall–Kier alpha value is -3.72. The molecule has 10 heteroatoms. The van der Waals surface area contributed by atoms with Gasteiger partial charge < -0.3 is 10.1 Å². The maximum Gasteiger partial charge on any atom is 0.170 e. The minimum atomic E-state index is 0.517. The molecule has 0 saturated carbocycles. The first-order chi connectivity index (χ1) is 15.6. The Morgan fingerprint density at radius 1 is 1.12 bits per heavy atom. The maximum atomic E-state index is 6.29. The van der Waals surface area contributed by atoms with Crippen molar-refractivity contribution in [1.82, 2.24) is 34.5 Å². The van der Waals surface area contributed by atoms with Crippen LogP contribution in [0.15, 0.2) is 43.1 Å². The van der Waals surface area contributed by atoms with Crippen molar-refractivity contribution in [3.63, 3.8) is 0 Å². The highest BCUT2D eigenvalue weighted by atomic mass is 35.5. The zero-order chi connectivity index (χ0) is 22.2. The van der Waals surface area contributed by atoms with Gasteiger partial charge in [0.05, 0.1) is 29.4 Å². The summed E-state index contributed by atoms with van der Waals surface area (Å²) in [5.41, 5.74) is 2.69. The second-order valence-electron chi connectivity index (χ2n) is 7.36. The zero-order valence-electron chi connectivity index (χ0n) is 17.9. The Bertz CT molecular complexity index is 1440. The van der Waals surface area contributed by atoms with Crippen LogP contribution >= 0.6 is 11.6 Å². The lowest BCUT2D eigenvalue weighted by Gasteiger charge is -2.13. The standard InChI is InChI=1S/C22H21ClN8O/c1-4-31-21-16(10-27-31)19-15(9-25-21)22(30-11-13(2)26-12-30)29-28-20(19)24-8-14-5-6-18(32-3)17(23)7-14/h5-7,9-12H,4,8H2,1-3H3,(H,24,28). The summed E-state index contributed by atoms with van der Waals surface area (Å²) >= 11 is 6.29. The zero-order valence-corrected chi connectivity index (χ0v) is 18.6. The normalized spacial score (nSPS) is 11.4. The van der Waals surface area contributed by atoms with Crippen LogP contribution in [0.25, 0.3) is 27.6 Å². The van der Waals surface area contributed by atoms with Gasteiger partial charge in [-0.15, -0.1) is 10.2 Å². The number of anilines is 1. The number of pyridine rings is 1. The molecule has 0 aliphatic heterocycles. The molecule has 1 aromatic carbocycles. The topological polar surface area (TPSA) is 95.6 Å². The largest absolute Gasteiger partial charge is 0.495 e. The summed E-state index contributed by atoms with van der Waals surface area (Å²) in [5, 5.41) is 20.1. The third-order valence-electron chi connectivity index (χ3n) is 5.32. The number of ether oxygens (including phenoxy) is 1. The van der Waals surface area contributed by atoms with Crippen LogP contribution in [0.1, 0.15) is 18.2 Å². The van der Waals surface area contributed by atoms with Crippen LogP contribution < -0.4 is 10.1 Å². The number of hydrogen-bond acceptors (Lipinski definition) is 7. The lowest BCUT2D eigenvalue weighted by molar-refractivity contribution is 0.415. The molecule has 0 radical (unpaired) electrons. The second-order valence-corrected chi connectivity index (χ2v) is 7.77. The molecular formula is C22H21ClN8O. The number of methoxy groups -OCH3 is 1. The SMILES string of the molecule is CCn1ncc2c3c(NCc4ccc(OC)c(Cl)c4)nnc(-n4cnc(C)c4)c3cnc21. The van der Waals surface area contributed by atoms with Crippen molar-refractivity contribution in [3.8, 4) is 11.6 Å². The van der Waals surface area contributed by atoms with Gasteiger partial charge in [0.1, 0.15) is 12.1 Å². The molecule has 0 aliphatic rings. The third kappa shape index (κ3) is 3.40. The van der Waals surface area contributed by atoms with Crippen LogP contribution in [0.4, 0.5) is 5.82 Å². The Labute approximate surface area is 189 Å². The van der Waals surface area contributed by atoms with E-state index < -0.39 is 0 Å². The van der Waals surface area contributed by atoms with E-state index in [0.29, 0.717) is 29.0 Å². The number of rotatable bonds is 6. The fraction of sp³-hybridized carbons (Fsp3) is 0.227. The second kappa shape index (κ2) is 8.08. The first kappa shape index (κ1) is 20.2. The van der Waals surface area contributed by atoms with Gasteiger partial charge in [-0.3, -0.25) is 4.57 Å². The van der Waals surface area contributed by atoms with Gasteiger partial charge in [-0.1, -0.05) is 17.7 Å². The lowest BCUT2D eigenvalue weighted by atomic mass is 10.1. The first-order valence-corrected chi connectivity index (χ1v) is 10.5. The highest BCUT2D eigenvalue weighted by Gasteiger charge is 2.17. The average molecular weight is 449 g/mol. The number of aromatic nitrogens is 7. The highest BCUT2D eigenvalue weighted by molar-refractivity contribution is 6.32. The first-order valence-electron chi connectivity index (χ1n) is 10.2. The van der Waals surface area contributed by atoms with Gasteiger partial charge in [0.25, 0.3) is 0 Å². The Morgan fingerprint density at radius 2 is 2.00 bits per heavy atom. The van der Waals surface area contributed by atoms with Crippen molar-refractivity contribution >= 4 is 39.2 Å². The summed E-state index contributed by atoms with van der Waals surface area (Å²) in [4.78, 5) is 8.98. The van der Waals surface area contributed by atoms with Gasteiger partial charge in [0.2, 0.25) is 0 Å². The average Bonchev–Trinajstić information content (AvgIpc) is 3.43. The number of nitrogens with one attached hydrogen (secondary N) is 1. The number of aryl methyl sites for hydroxylation is 2. The summed E-state index contributed by atoms with van der Waals surface area (Å²) in [5.74, 6) is 1.95. The minimum absolute atomic E-state index is 0.517. The van der Waals surface area contributed by atoms with Gasteiger partial charge >= 0.3 is 0 Å². The summed E-state index contributed by atoms with van der Waals surface area (Å²) in [6.07, 6.45) is 7.29. The van der Waals surface area contributed by atoms with Crippen molar-refractivity contribution in [2.24, 2.45) is 0 Å². The molecule has 32 heavy (non-hydrogen) atoms. The molecular weight excluding hydrogens is 428 g/mol. The van der Waals surface area contributed by atoms with Crippen LogP contribution in [-0.4, -0.2) is 41.6 Å². The summed E-state index contributed by atoms with van der Waals surface area (Å²) in [6, 6.07) is 5.68. The molecule has 4 heterocycles. The van der Waals surface area contributed by atoms with Crippen molar-refractivity contribution in [3.05, 3.63) is 59.4 Å². The monoisotopic (exact) mass is 448 g/mol. The van der Waals surface area contributed by atoms with Crippen molar-refractivity contribution < 1.29 is 4.74 Å². The van der Waals surface area contributed by atoms with Crippen molar-refractivity contribution in [2.45, 2.75) is 26.9 Å². The fourth-order valence-corrected chi connectivity index (χ4v) is 4.02. The molecule has 9 nitrogen and oxygen atoms in total. The van der Waals surface area contributed by atoms with Crippen LogP contribution in [0, 0.1) is 6.92 Å². The Morgan fingerprint density at radius 3 is 2.72 bits per heavy atom. The molecule has 5 rings (SSSR count). The molecule has 162 valence electrons. The van der Waals surface area contributed by atoms with E-state index in [1.54, 1.807) is 13.4 Å². The number of benzene rings is 1. The van der Waals surface area contributed by atoms with E-state index in [2.05, 4.69) is 30.6 Å². The summed E-state index contributed by atoms with van der Waals surface area (Å²) in [7, 11) is 1.60. The smallest absolute Gasteiger partial charge is 0.170 e. The van der Waals surface area contributed by atoms with E-state index in [9.17, 15) is 0 Å². The molecule has 0 aliphatic carbocycles. The van der Waals surface area contributed by atoms with Gasteiger partial charge in [-0.25, -0.2) is 14.6 Å². The molecule has 0 unspecified atom stereocenters. The number of hydrogen-bond donors (Lipinski definition) is 1. The van der Waals surface area contributed by atoms with Crippen molar-refractivity contribution in [2.75, 3.05) is 12.4 Å². The highest BCUT2D eigenvalue weighted by Crippen LogP contribution is 2.32. The van der Waals surface area contributed by atoms with E-state index in [0.717, 1.165) is 39.6 Å². The van der Waals surface area contributed by atoms with Gasteiger partial charge in [0, 0.05) is 36.3 Å². The molecule has 0 bridgehead atoms. The minimum Gasteiger partial charge on any atom is -0.495 e. The molecule has 5 aromatic rings. The molecule has 0 atom stereocenters. The summed E-state index contributed by atoms with van der Waals surface area (Å²) < 4.78 is 8.96. The molecule has 1 N–H and O–H groups in total. The third-order valence-corrected chi connectivity index (χ3v) is 5.62. The predicted molar refractivity (Wildman–Crippen MR) is 123 cm³/mol. The van der Waals surface area contributed by atoms with Crippen molar-refractivity contribution in [1.29, 1.82) is 0 Å². The van der Waals surface area contributed by atoms with Gasteiger partial charge in [-0.05, 0) is 31.5 Å². The predicted octanol–water partition coefficient (Wildman–Crippen LogP) is 4.16. The Kier molecular flexibility index (Phi) is 5.10. The van der Waals surface area contributed by atoms with E-state index in [1.165, 1.54) is 0 Å². The van der Waals surface area contributed by atoms with E-state index in [-0.39, 0.29) is 0 Å². The molecule has 4 aromatic heterocycles. The van der Waals surface area contributed by atoms with E-state index in [1.807, 2.05) is 59.9 Å². The Balaban J connectivity index is 1.63. The molecule has 0 fully saturated rings. The summed E-state index contributed by atoms with van der Waals surface area (Å²) in [6.45, 7) is 5.21. The molecule has 0 spiro atoms. The molecule has 0 amide bonds. The lowest BCUT2D eigenvalue weighted by Crippen LogP contribution is -2.07. The van der Waals surface area contributed by atoms with E-state index in [4.69, 9.17) is 16.3 Å². The molecule has 0 saturated heterocycles. The fourth-order valence-electron chi connectivity index (χ4n) is 3.74. The quantitative estimate of drug-likeness (QED) is 0.416. The van der Waals surface area contributed by atoms with Crippen LogP contribution in [0.3, 0.4) is 0 Å². The van der Waals surface area contributed by atoms with Crippen LogP contribution in [-0.2, 0) is 13.1 Å². The van der Waals surface area contributed by atoms with Crippen LogP contribution in [0.2, 0.25) is 5.02 Å². The number of nitrogens with zero attached hydrogens (tertiary/aromatic N) is 7. The van der Waals surface area contributed by atoms with Gasteiger partial charge in [0.15, 0.2) is 17.3 Å². The number of fused-ring (bicyclic) bond motifs is 3. The van der Waals surface area contributed by atoms with Gasteiger partial charge in [-0.2, -0.15) is 5.10 Å². The van der Waals surface area contributed by atoms with E-state index >= 15 is 0 Å². The maximum absolute atomic E-state index is 6.29. The number of imidazole rings is 1. The van der Waals surface area contributed by atoms with Crippen LogP contribution in [0.5, 0.6) is 5.75 Å². The number of halogens is 1.